The highest BCUT2D eigenvalue weighted by Crippen LogP contribution is 2.17. The number of carbonyl (C=O) groups is 2. The van der Waals surface area contributed by atoms with Crippen molar-refractivity contribution in [1.82, 2.24) is 4.90 Å². The predicted molar refractivity (Wildman–Crippen MR) is 113 cm³/mol. The van der Waals surface area contributed by atoms with Gasteiger partial charge in [-0.2, -0.15) is 0 Å². The van der Waals surface area contributed by atoms with Gasteiger partial charge in [0.2, 0.25) is 0 Å². The summed E-state index contributed by atoms with van der Waals surface area (Å²) in [6, 6.07) is 14.1. The van der Waals surface area contributed by atoms with Crippen molar-refractivity contribution in [3.8, 4) is 5.75 Å². The summed E-state index contributed by atoms with van der Waals surface area (Å²) >= 11 is 0. The number of anilines is 1. The van der Waals surface area contributed by atoms with Crippen molar-refractivity contribution in [3.63, 3.8) is 0 Å². The highest BCUT2D eigenvalue weighted by molar-refractivity contribution is 6.05. The molecule has 28 heavy (non-hydrogen) atoms. The fourth-order valence-corrected chi connectivity index (χ4v) is 2.74. The van der Waals surface area contributed by atoms with Gasteiger partial charge >= 0.3 is 0 Å². The molecule has 0 aliphatic carbocycles. The third-order valence-corrected chi connectivity index (χ3v) is 4.50. The van der Waals surface area contributed by atoms with Crippen LogP contribution in [0.3, 0.4) is 0 Å². The molecular weight excluding hydrogens is 352 g/mol. The van der Waals surface area contributed by atoms with E-state index in [1.54, 1.807) is 53.4 Å². The number of rotatable bonds is 9. The predicted octanol–water partition coefficient (Wildman–Crippen LogP) is 4.85. The third kappa shape index (κ3) is 6.12. The van der Waals surface area contributed by atoms with E-state index in [9.17, 15) is 9.59 Å². The molecule has 5 heteroatoms. The van der Waals surface area contributed by atoms with Gasteiger partial charge in [0, 0.05) is 29.9 Å². The summed E-state index contributed by atoms with van der Waals surface area (Å²) in [7, 11) is 0. The summed E-state index contributed by atoms with van der Waals surface area (Å²) in [4.78, 5) is 26.7. The van der Waals surface area contributed by atoms with Crippen molar-refractivity contribution in [2.24, 2.45) is 5.92 Å². The van der Waals surface area contributed by atoms with Crippen LogP contribution in [0.15, 0.2) is 48.5 Å². The molecule has 0 spiro atoms. The first-order valence-corrected chi connectivity index (χ1v) is 9.88. The number of carbonyl (C=O) groups excluding carboxylic acids is 2. The Morgan fingerprint density at radius 1 is 1.00 bits per heavy atom. The van der Waals surface area contributed by atoms with Crippen LogP contribution in [0, 0.1) is 5.92 Å². The summed E-state index contributed by atoms with van der Waals surface area (Å²) in [5, 5.41) is 2.86. The maximum atomic E-state index is 12.5. The van der Waals surface area contributed by atoms with E-state index in [2.05, 4.69) is 19.2 Å². The number of hydrogen-bond donors (Lipinski definition) is 1. The molecule has 2 amide bonds. The lowest BCUT2D eigenvalue weighted by Gasteiger charge is -2.19. The molecule has 1 N–H and O–H groups in total. The minimum Gasteiger partial charge on any atom is -0.494 e. The molecule has 150 valence electrons. The molecular formula is C23H30N2O3. The van der Waals surface area contributed by atoms with Crippen molar-refractivity contribution in [2.75, 3.05) is 25.0 Å². The van der Waals surface area contributed by atoms with E-state index in [1.165, 1.54) is 0 Å². The quantitative estimate of drug-likeness (QED) is 0.675. The van der Waals surface area contributed by atoms with Gasteiger partial charge in [-0.05, 0) is 68.7 Å². The van der Waals surface area contributed by atoms with Crippen LogP contribution in [0.25, 0.3) is 0 Å². The summed E-state index contributed by atoms with van der Waals surface area (Å²) in [6.45, 7) is 10.2. The minimum absolute atomic E-state index is 0.0380. The van der Waals surface area contributed by atoms with Gasteiger partial charge in [0.05, 0.1) is 6.61 Å². The van der Waals surface area contributed by atoms with Crippen molar-refractivity contribution < 1.29 is 14.3 Å². The lowest BCUT2D eigenvalue weighted by molar-refractivity contribution is 0.0772. The largest absolute Gasteiger partial charge is 0.494 e. The topological polar surface area (TPSA) is 58.6 Å². The van der Waals surface area contributed by atoms with E-state index in [0.717, 1.165) is 12.2 Å². The molecule has 0 unspecified atom stereocenters. The third-order valence-electron chi connectivity index (χ3n) is 4.50. The summed E-state index contributed by atoms with van der Waals surface area (Å²) < 4.78 is 5.68. The second-order valence-electron chi connectivity index (χ2n) is 7.07. The molecule has 5 nitrogen and oxygen atoms in total. The van der Waals surface area contributed by atoms with Crippen LogP contribution in [-0.4, -0.2) is 36.4 Å². The van der Waals surface area contributed by atoms with Gasteiger partial charge < -0.3 is 15.0 Å². The molecule has 2 aromatic carbocycles. The zero-order valence-electron chi connectivity index (χ0n) is 17.2. The lowest BCUT2D eigenvalue weighted by atomic mass is 10.1. The first-order chi connectivity index (χ1) is 13.4. The van der Waals surface area contributed by atoms with Crippen molar-refractivity contribution in [3.05, 3.63) is 59.7 Å². The molecule has 0 heterocycles. The second kappa shape index (κ2) is 10.5. The van der Waals surface area contributed by atoms with Crippen LogP contribution < -0.4 is 10.1 Å². The van der Waals surface area contributed by atoms with E-state index >= 15 is 0 Å². The van der Waals surface area contributed by atoms with E-state index in [4.69, 9.17) is 4.74 Å². The fraction of sp³-hybridized carbons (Fsp3) is 0.391. The Hall–Kier alpha value is -2.82. The zero-order valence-corrected chi connectivity index (χ0v) is 17.2. The Labute approximate surface area is 167 Å². The van der Waals surface area contributed by atoms with Crippen molar-refractivity contribution >= 4 is 17.5 Å². The normalized spacial score (nSPS) is 10.6. The molecule has 0 aromatic heterocycles. The number of amides is 2. The Kier molecular flexibility index (Phi) is 8.05. The highest BCUT2D eigenvalue weighted by Gasteiger charge is 2.13. The maximum Gasteiger partial charge on any atom is 0.255 e. The average Bonchev–Trinajstić information content (AvgIpc) is 2.69. The SMILES string of the molecule is CCN(CC)C(=O)c1cccc(NC(=O)c2ccc(OCCC(C)C)cc2)c1. The molecule has 0 aliphatic heterocycles. The van der Waals surface area contributed by atoms with Crippen molar-refractivity contribution in [1.29, 1.82) is 0 Å². The Bertz CT molecular complexity index is 781. The fourth-order valence-electron chi connectivity index (χ4n) is 2.74. The van der Waals surface area contributed by atoms with Crippen LogP contribution in [0.4, 0.5) is 5.69 Å². The standard InChI is InChI=1S/C23H30N2O3/c1-5-25(6-2)23(27)19-8-7-9-20(16-19)24-22(26)18-10-12-21(13-11-18)28-15-14-17(3)4/h7-13,16-17H,5-6,14-15H2,1-4H3,(H,24,26). The van der Waals surface area contributed by atoms with E-state index in [0.29, 0.717) is 42.4 Å². The van der Waals surface area contributed by atoms with Crippen LogP contribution >= 0.6 is 0 Å². The number of benzene rings is 2. The van der Waals surface area contributed by atoms with Gasteiger partial charge in [0.25, 0.3) is 11.8 Å². The number of nitrogens with zero attached hydrogens (tertiary/aromatic N) is 1. The molecule has 0 bridgehead atoms. The number of nitrogens with one attached hydrogen (secondary N) is 1. The Balaban J connectivity index is 2.01. The van der Waals surface area contributed by atoms with Gasteiger partial charge in [0.1, 0.15) is 5.75 Å². The van der Waals surface area contributed by atoms with Crippen molar-refractivity contribution in [2.45, 2.75) is 34.1 Å². The number of ether oxygens (including phenoxy) is 1. The maximum absolute atomic E-state index is 12.5. The van der Waals surface area contributed by atoms with Crippen LogP contribution in [-0.2, 0) is 0 Å². The van der Waals surface area contributed by atoms with E-state index < -0.39 is 0 Å². The monoisotopic (exact) mass is 382 g/mol. The molecule has 0 aliphatic rings. The highest BCUT2D eigenvalue weighted by atomic mass is 16.5. The lowest BCUT2D eigenvalue weighted by Crippen LogP contribution is -2.30. The minimum atomic E-state index is -0.221. The van der Waals surface area contributed by atoms with Gasteiger partial charge in [0.15, 0.2) is 0 Å². The summed E-state index contributed by atoms with van der Waals surface area (Å²) in [5.74, 6) is 1.09. The molecule has 2 aromatic rings. The Morgan fingerprint density at radius 3 is 2.29 bits per heavy atom. The van der Waals surface area contributed by atoms with E-state index in [1.807, 2.05) is 13.8 Å². The molecule has 0 radical (unpaired) electrons. The van der Waals surface area contributed by atoms with Gasteiger partial charge in [-0.25, -0.2) is 0 Å². The zero-order chi connectivity index (χ0) is 20.5. The summed E-state index contributed by atoms with van der Waals surface area (Å²) in [6.07, 6.45) is 0.991. The molecule has 0 saturated carbocycles. The number of hydrogen-bond acceptors (Lipinski definition) is 3. The smallest absolute Gasteiger partial charge is 0.255 e. The first-order valence-electron chi connectivity index (χ1n) is 9.88. The average molecular weight is 383 g/mol. The van der Waals surface area contributed by atoms with Gasteiger partial charge in [-0.3, -0.25) is 9.59 Å². The van der Waals surface area contributed by atoms with Crippen LogP contribution in [0.5, 0.6) is 5.75 Å². The summed E-state index contributed by atoms with van der Waals surface area (Å²) in [5.41, 5.74) is 1.70. The molecule has 0 saturated heterocycles. The van der Waals surface area contributed by atoms with Gasteiger partial charge in [-0.15, -0.1) is 0 Å². The first kappa shape index (κ1) is 21.5. The van der Waals surface area contributed by atoms with Crippen LogP contribution in [0.1, 0.15) is 54.8 Å². The van der Waals surface area contributed by atoms with Crippen LogP contribution in [0.2, 0.25) is 0 Å². The van der Waals surface area contributed by atoms with E-state index in [-0.39, 0.29) is 11.8 Å². The molecule has 0 fully saturated rings. The molecule has 0 atom stereocenters. The second-order valence-corrected chi connectivity index (χ2v) is 7.07. The van der Waals surface area contributed by atoms with Gasteiger partial charge in [-0.1, -0.05) is 19.9 Å². The Morgan fingerprint density at radius 2 is 1.68 bits per heavy atom. The molecule has 2 rings (SSSR count).